The van der Waals surface area contributed by atoms with Gasteiger partial charge in [0.25, 0.3) is 0 Å². The molecule has 0 saturated carbocycles. The van der Waals surface area contributed by atoms with Gasteiger partial charge in [0.1, 0.15) is 17.9 Å². The zero-order chi connectivity index (χ0) is 45.0. The van der Waals surface area contributed by atoms with Crippen molar-refractivity contribution in [2.45, 2.75) is 78.1 Å². The van der Waals surface area contributed by atoms with Crippen LogP contribution in [0.15, 0.2) is 72.9 Å². The second kappa shape index (κ2) is 26.0. The molecule has 346 valence electrons. The fourth-order valence-electron chi connectivity index (χ4n) is 8.14. The van der Waals surface area contributed by atoms with Crippen LogP contribution in [0.25, 0.3) is 11.1 Å². The van der Waals surface area contributed by atoms with Crippen LogP contribution >= 0.6 is 11.8 Å². The molecule has 3 atom stereocenters. The second-order valence-electron chi connectivity index (χ2n) is 17.4. The number of hydrogen-bond acceptors (Lipinski definition) is 9. The number of aromatic nitrogens is 1. The van der Waals surface area contributed by atoms with Crippen LogP contribution in [0.2, 0.25) is 0 Å². The molecule has 2 aliphatic heterocycles. The van der Waals surface area contributed by atoms with Crippen LogP contribution in [0, 0.1) is 23.0 Å². The lowest BCUT2D eigenvalue weighted by Crippen LogP contribution is -2.48. The van der Waals surface area contributed by atoms with Gasteiger partial charge in [0, 0.05) is 92.7 Å². The Morgan fingerprint density at radius 3 is 2.37 bits per heavy atom. The average Bonchev–Trinajstić information content (AvgIpc) is 4.03. The number of ether oxygens (including phenoxy) is 2. The number of rotatable bonds is 28. The minimum Gasteiger partial charge on any atom is -0.377 e. The number of unbranched alkanes of at least 4 members (excludes halogenated alkanes) is 2. The summed E-state index contributed by atoms with van der Waals surface area (Å²) in [6, 6.07) is 15.2. The molecule has 12 nitrogen and oxygen atoms in total. The van der Waals surface area contributed by atoms with Crippen molar-refractivity contribution in [3.05, 3.63) is 95.8 Å². The van der Waals surface area contributed by atoms with E-state index >= 15 is 4.39 Å². The highest BCUT2D eigenvalue weighted by Crippen LogP contribution is 2.42. The number of nitrogens with zero attached hydrogens (tertiary/aromatic N) is 3. The molecule has 2 aliphatic rings. The topological polar surface area (TPSA) is 137 Å². The predicted molar refractivity (Wildman–Crippen MR) is 245 cm³/mol. The third-order valence-electron chi connectivity index (χ3n) is 11.3. The van der Waals surface area contributed by atoms with Gasteiger partial charge >= 0.3 is 0 Å². The van der Waals surface area contributed by atoms with Gasteiger partial charge in [-0.05, 0) is 73.5 Å². The number of thioether (sulfide) groups is 1. The number of benzene rings is 2. The maximum atomic E-state index is 15.2. The Bertz CT molecular complexity index is 1900. The number of amides is 3. The molecule has 0 spiro atoms. The quantitative estimate of drug-likeness (QED) is 0.0501. The largest absolute Gasteiger partial charge is 0.377 e. The lowest BCUT2D eigenvalue weighted by atomic mass is 9.82. The number of hydrogen-bond donors (Lipinski definition) is 4. The Morgan fingerprint density at radius 2 is 1.70 bits per heavy atom. The van der Waals surface area contributed by atoms with E-state index in [1.54, 1.807) is 11.0 Å². The monoisotopic (exact) mass is 894 g/mol. The van der Waals surface area contributed by atoms with Crippen LogP contribution in [-0.4, -0.2) is 127 Å². The molecule has 1 saturated heterocycles. The van der Waals surface area contributed by atoms with E-state index in [-0.39, 0.29) is 34.7 Å². The number of aliphatic hydroxyl groups is 1. The van der Waals surface area contributed by atoms with E-state index in [2.05, 4.69) is 46.2 Å². The molecule has 63 heavy (non-hydrogen) atoms. The van der Waals surface area contributed by atoms with Gasteiger partial charge in [0.15, 0.2) is 0 Å². The van der Waals surface area contributed by atoms with E-state index in [1.807, 2.05) is 48.7 Å². The van der Waals surface area contributed by atoms with Crippen molar-refractivity contribution in [1.82, 2.24) is 30.3 Å². The van der Waals surface area contributed by atoms with E-state index in [0.717, 1.165) is 68.7 Å². The van der Waals surface area contributed by atoms with Crippen molar-refractivity contribution < 1.29 is 37.7 Å². The van der Waals surface area contributed by atoms with E-state index in [9.17, 15) is 23.9 Å². The summed E-state index contributed by atoms with van der Waals surface area (Å²) in [6.45, 7) is 13.0. The van der Waals surface area contributed by atoms with E-state index in [1.165, 1.54) is 17.8 Å². The summed E-state index contributed by atoms with van der Waals surface area (Å²) in [7, 11) is 0. The summed E-state index contributed by atoms with van der Waals surface area (Å²) in [5.74, 6) is 0.190. The highest BCUT2D eigenvalue weighted by Gasteiger charge is 2.39. The van der Waals surface area contributed by atoms with Crippen LogP contribution in [-0.2, 0) is 30.4 Å². The molecular formula is C48H68F2N6O6S. The summed E-state index contributed by atoms with van der Waals surface area (Å²) >= 11 is 1.53. The van der Waals surface area contributed by atoms with Crippen LogP contribution < -0.4 is 16.0 Å². The molecule has 0 aliphatic carbocycles. The van der Waals surface area contributed by atoms with Crippen molar-refractivity contribution in [3.8, 4) is 11.1 Å². The zero-order valence-corrected chi connectivity index (χ0v) is 38.1. The van der Waals surface area contributed by atoms with E-state index in [0.29, 0.717) is 95.0 Å². The van der Waals surface area contributed by atoms with Gasteiger partial charge in [-0.2, -0.15) is 11.8 Å². The lowest BCUT2D eigenvalue weighted by molar-refractivity contribution is -0.125. The summed E-state index contributed by atoms with van der Waals surface area (Å²) in [6.07, 6.45) is 8.82. The molecule has 4 N–H and O–H groups in total. The molecule has 1 aromatic heterocycles. The fraction of sp³-hybridized carbons (Fsp3) is 0.562. The summed E-state index contributed by atoms with van der Waals surface area (Å²) < 4.78 is 42.9. The second-order valence-corrected chi connectivity index (χ2v) is 18.6. The maximum absolute atomic E-state index is 15.2. The van der Waals surface area contributed by atoms with Crippen molar-refractivity contribution in [3.63, 3.8) is 0 Å². The maximum Gasteiger partial charge on any atom is 0.246 e. The Balaban J connectivity index is 1.03. The number of carbonyl (C=O) groups is 3. The number of nitrogens with one attached hydrogen (secondary N) is 3. The van der Waals surface area contributed by atoms with E-state index in [4.69, 9.17) is 9.47 Å². The van der Waals surface area contributed by atoms with Gasteiger partial charge in [-0.1, -0.05) is 63.6 Å². The Labute approximate surface area is 376 Å². The fourth-order valence-corrected chi connectivity index (χ4v) is 9.03. The third-order valence-corrected chi connectivity index (χ3v) is 12.3. The molecule has 0 radical (unpaired) electrons. The van der Waals surface area contributed by atoms with Crippen molar-refractivity contribution in [2.24, 2.45) is 11.3 Å². The zero-order valence-electron chi connectivity index (χ0n) is 37.3. The van der Waals surface area contributed by atoms with Gasteiger partial charge in [-0.25, -0.2) is 8.78 Å². The number of carbonyl (C=O) groups excluding carboxylic acids is 3. The van der Waals surface area contributed by atoms with Gasteiger partial charge < -0.3 is 40.0 Å². The number of aliphatic hydroxyl groups excluding tert-OH is 1. The first-order chi connectivity index (χ1) is 30.4. The van der Waals surface area contributed by atoms with Crippen LogP contribution in [0.3, 0.4) is 0 Å². The molecule has 15 heteroatoms. The van der Waals surface area contributed by atoms with Gasteiger partial charge in [0.05, 0.1) is 32.5 Å². The first-order valence-electron chi connectivity index (χ1n) is 22.4. The highest BCUT2D eigenvalue weighted by atomic mass is 32.2. The van der Waals surface area contributed by atoms with Crippen molar-refractivity contribution in [1.29, 1.82) is 0 Å². The minimum atomic E-state index is -0.836. The van der Waals surface area contributed by atoms with Crippen molar-refractivity contribution >= 4 is 29.5 Å². The van der Waals surface area contributed by atoms with Crippen LogP contribution in [0.5, 0.6) is 0 Å². The Morgan fingerprint density at radius 1 is 0.968 bits per heavy atom. The molecule has 1 fully saturated rings. The Hall–Kier alpha value is -4.12. The highest BCUT2D eigenvalue weighted by molar-refractivity contribution is 7.99. The van der Waals surface area contributed by atoms with Crippen molar-refractivity contribution in [2.75, 3.05) is 83.7 Å². The molecule has 2 unspecified atom stereocenters. The molecule has 2 aromatic carbocycles. The molecule has 3 amide bonds. The molecule has 3 aromatic rings. The smallest absolute Gasteiger partial charge is 0.246 e. The van der Waals surface area contributed by atoms with Gasteiger partial charge in [-0.15, -0.1) is 0 Å². The molecule has 5 rings (SSSR count). The van der Waals surface area contributed by atoms with Gasteiger partial charge in [0.2, 0.25) is 17.7 Å². The van der Waals surface area contributed by atoms with Gasteiger partial charge in [-0.3, -0.25) is 19.3 Å². The standard InChI is InChI=1S/C48H68F2N6O6S/c1-48(2,3)47(42-29-38(40-30-39(49)15-16-41(40)50)34-55(42)32-36-11-6-4-7-12-36)56(33-37-17-19-51-31-37)46(60)35-63-28-18-44(58)53-21-25-62-27-26-61-24-20-52-43(57)13-8-5-9-22-54-23-10-14-45(54)59/h4,6-7,10-12,14-16,29-30,34,37,46-47,51,60H,5,8-9,13,17-28,31-33,35H2,1-3H3,(H,52,57)(H,53,58)/t37?,46?,47-/m0/s1. The first-order valence-corrected chi connectivity index (χ1v) is 23.6. The normalized spacial score (nSPS) is 16.3. The van der Waals surface area contributed by atoms with E-state index < -0.39 is 17.9 Å². The summed E-state index contributed by atoms with van der Waals surface area (Å²) in [4.78, 5) is 40.3. The summed E-state index contributed by atoms with van der Waals surface area (Å²) in [5.41, 5.74) is 2.37. The molecule has 3 heterocycles. The molecular weight excluding hydrogens is 827 g/mol. The van der Waals surface area contributed by atoms with Crippen LogP contribution in [0.1, 0.15) is 76.6 Å². The summed E-state index contributed by atoms with van der Waals surface area (Å²) in [5, 5.41) is 21.2. The predicted octanol–water partition coefficient (Wildman–Crippen LogP) is 6.15. The first kappa shape index (κ1) is 49.9. The number of halogens is 2. The Kier molecular flexibility index (Phi) is 20.6. The minimum absolute atomic E-state index is 0.00792. The SMILES string of the molecule is CC(C)(C)[C@H](c1cc(-c2cc(F)ccc2F)cn1Cc1ccccc1)N(CC1CCNC1)C(O)CSCCC(=O)NCCOCCOCCNC(=O)CCCCCN1CC=CC1=O. The average molecular weight is 895 g/mol. The molecule has 0 bridgehead atoms. The van der Waals surface area contributed by atoms with Crippen LogP contribution in [0.4, 0.5) is 8.78 Å². The third kappa shape index (κ3) is 16.7. The lowest BCUT2D eigenvalue weighted by Gasteiger charge is -2.44.